The molecule has 0 heterocycles. The molecular weight excluding hydrogens is 473 g/mol. The van der Waals surface area contributed by atoms with Crippen LogP contribution in [0.15, 0.2) is 77.7 Å². The summed E-state index contributed by atoms with van der Waals surface area (Å²) < 4.78 is 65.7. The predicted molar refractivity (Wildman–Crippen MR) is 125 cm³/mol. The number of amides is 1. The molecule has 0 unspecified atom stereocenters. The maximum absolute atomic E-state index is 12.8. The molecule has 174 valence electrons. The van der Waals surface area contributed by atoms with Gasteiger partial charge in [0.25, 0.3) is 10.0 Å². The molecule has 33 heavy (non-hydrogen) atoms. The molecule has 0 aliphatic carbocycles. The number of thioether (sulfide) groups is 1. The molecule has 10 heteroatoms. The lowest BCUT2D eigenvalue weighted by molar-refractivity contribution is -0.137. The van der Waals surface area contributed by atoms with Gasteiger partial charge in [0.15, 0.2) is 0 Å². The molecule has 5 nitrogen and oxygen atoms in total. The Bertz CT molecular complexity index is 1230. The number of carbonyl (C=O) groups excluding carboxylic acids is 1. The maximum atomic E-state index is 12.8. The minimum absolute atomic E-state index is 0.146. The summed E-state index contributed by atoms with van der Waals surface area (Å²) in [5.74, 6) is 0.690. The van der Waals surface area contributed by atoms with Crippen LogP contribution >= 0.6 is 11.8 Å². The quantitative estimate of drug-likeness (QED) is 0.422. The zero-order valence-electron chi connectivity index (χ0n) is 17.5. The molecular formula is C23H21F3N2O3S2. The molecule has 0 radical (unpaired) electrons. The van der Waals surface area contributed by atoms with Gasteiger partial charge < -0.3 is 5.32 Å². The molecule has 0 saturated carbocycles. The molecule has 2 N–H and O–H groups in total. The highest BCUT2D eigenvalue weighted by atomic mass is 32.2. The van der Waals surface area contributed by atoms with Crippen LogP contribution in [0.2, 0.25) is 0 Å². The first-order valence-electron chi connectivity index (χ1n) is 9.77. The summed E-state index contributed by atoms with van der Waals surface area (Å²) in [5.41, 5.74) is 1.56. The SMILES string of the molecule is Cc1ccccc1CSCC(=O)Nc1ccc(S(=O)(=O)Nc2cccc(C(F)(F)F)c2)cc1. The summed E-state index contributed by atoms with van der Waals surface area (Å²) in [6.07, 6.45) is -4.58. The van der Waals surface area contributed by atoms with Crippen molar-refractivity contribution in [2.45, 2.75) is 23.7 Å². The van der Waals surface area contributed by atoms with Crippen molar-refractivity contribution in [3.63, 3.8) is 0 Å². The van der Waals surface area contributed by atoms with E-state index in [0.717, 1.165) is 29.3 Å². The number of aryl methyl sites for hydroxylation is 1. The molecule has 3 aromatic carbocycles. The van der Waals surface area contributed by atoms with Crippen molar-refractivity contribution >= 4 is 39.1 Å². The predicted octanol–water partition coefficient (Wildman–Crippen LogP) is 5.69. The number of anilines is 2. The highest BCUT2D eigenvalue weighted by Crippen LogP contribution is 2.31. The van der Waals surface area contributed by atoms with Crippen molar-refractivity contribution in [2.75, 3.05) is 15.8 Å². The molecule has 0 spiro atoms. The molecule has 0 fully saturated rings. The van der Waals surface area contributed by atoms with E-state index in [9.17, 15) is 26.4 Å². The standard InChI is InChI=1S/C23H21F3N2O3S2/c1-16-5-2-3-6-17(16)14-32-15-22(29)27-19-9-11-21(12-10-19)33(30,31)28-20-8-4-7-18(13-20)23(24,25)26/h2-13,28H,14-15H2,1H3,(H,27,29). The lowest BCUT2D eigenvalue weighted by atomic mass is 10.1. The van der Waals surface area contributed by atoms with Crippen LogP contribution in [0.3, 0.4) is 0 Å². The van der Waals surface area contributed by atoms with Crippen LogP contribution in [-0.4, -0.2) is 20.1 Å². The summed E-state index contributed by atoms with van der Waals surface area (Å²) >= 11 is 1.46. The first-order valence-corrected chi connectivity index (χ1v) is 12.4. The van der Waals surface area contributed by atoms with Gasteiger partial charge in [0.2, 0.25) is 5.91 Å². The largest absolute Gasteiger partial charge is 0.416 e. The average molecular weight is 495 g/mol. The summed E-state index contributed by atoms with van der Waals surface area (Å²) in [4.78, 5) is 12.0. The van der Waals surface area contributed by atoms with Crippen molar-refractivity contribution in [2.24, 2.45) is 0 Å². The average Bonchev–Trinajstić information content (AvgIpc) is 2.75. The Kier molecular flexibility index (Phi) is 7.70. The van der Waals surface area contributed by atoms with Gasteiger partial charge in [0.05, 0.1) is 16.2 Å². The van der Waals surface area contributed by atoms with Crippen LogP contribution in [0, 0.1) is 6.92 Å². The Balaban J connectivity index is 1.57. The van der Waals surface area contributed by atoms with Crippen molar-refractivity contribution in [3.8, 4) is 0 Å². The van der Waals surface area contributed by atoms with Gasteiger partial charge in [-0.25, -0.2) is 8.42 Å². The molecule has 3 rings (SSSR count). The number of alkyl halides is 3. The maximum Gasteiger partial charge on any atom is 0.416 e. The fourth-order valence-corrected chi connectivity index (χ4v) is 4.87. The second kappa shape index (κ2) is 10.3. The molecule has 1 amide bonds. The Morgan fingerprint density at radius 1 is 0.939 bits per heavy atom. The molecule has 3 aromatic rings. The van der Waals surface area contributed by atoms with Crippen LogP contribution in [0.25, 0.3) is 0 Å². The number of nitrogens with one attached hydrogen (secondary N) is 2. The molecule has 0 saturated heterocycles. The van der Waals surface area contributed by atoms with E-state index >= 15 is 0 Å². The number of halogens is 3. The number of hydrogen-bond donors (Lipinski definition) is 2. The summed E-state index contributed by atoms with van der Waals surface area (Å²) in [6.45, 7) is 2.01. The third-order valence-electron chi connectivity index (χ3n) is 4.64. The molecule has 0 aliphatic rings. The van der Waals surface area contributed by atoms with Crippen LogP contribution in [0.4, 0.5) is 24.5 Å². The van der Waals surface area contributed by atoms with E-state index in [1.54, 1.807) is 0 Å². The second-order valence-corrected chi connectivity index (χ2v) is 9.84. The van der Waals surface area contributed by atoms with E-state index in [1.165, 1.54) is 42.1 Å². The zero-order valence-corrected chi connectivity index (χ0v) is 19.2. The zero-order chi connectivity index (χ0) is 24.1. The van der Waals surface area contributed by atoms with Gasteiger partial charge >= 0.3 is 6.18 Å². The van der Waals surface area contributed by atoms with Gasteiger partial charge in [-0.05, 0) is 60.5 Å². The van der Waals surface area contributed by atoms with Crippen molar-refractivity contribution in [3.05, 3.63) is 89.5 Å². The van der Waals surface area contributed by atoms with E-state index in [0.29, 0.717) is 11.4 Å². The van der Waals surface area contributed by atoms with E-state index in [-0.39, 0.29) is 22.2 Å². The van der Waals surface area contributed by atoms with Crippen molar-refractivity contribution < 1.29 is 26.4 Å². The Morgan fingerprint density at radius 2 is 1.64 bits per heavy atom. The number of benzene rings is 3. The molecule has 0 bridgehead atoms. The van der Waals surface area contributed by atoms with E-state index in [4.69, 9.17) is 0 Å². The smallest absolute Gasteiger partial charge is 0.325 e. The van der Waals surface area contributed by atoms with Gasteiger partial charge in [0, 0.05) is 17.1 Å². The number of hydrogen-bond acceptors (Lipinski definition) is 4. The minimum atomic E-state index is -4.58. The summed E-state index contributed by atoms with van der Waals surface area (Å²) in [7, 11) is -4.10. The highest BCUT2D eigenvalue weighted by Gasteiger charge is 2.30. The monoisotopic (exact) mass is 494 g/mol. The first-order chi connectivity index (χ1) is 15.5. The third-order valence-corrected chi connectivity index (χ3v) is 7.02. The van der Waals surface area contributed by atoms with E-state index < -0.39 is 21.8 Å². The summed E-state index contributed by atoms with van der Waals surface area (Å²) in [5, 5.41) is 2.70. The minimum Gasteiger partial charge on any atom is -0.325 e. The van der Waals surface area contributed by atoms with Crippen molar-refractivity contribution in [1.82, 2.24) is 0 Å². The third kappa shape index (κ3) is 7.00. The van der Waals surface area contributed by atoms with Gasteiger partial charge in [-0.15, -0.1) is 11.8 Å². The van der Waals surface area contributed by atoms with Gasteiger partial charge in [0.1, 0.15) is 0 Å². The number of sulfonamides is 1. The van der Waals surface area contributed by atoms with Crippen LogP contribution < -0.4 is 10.0 Å². The number of carbonyl (C=O) groups is 1. The van der Waals surface area contributed by atoms with Gasteiger partial charge in [-0.2, -0.15) is 13.2 Å². The fourth-order valence-electron chi connectivity index (χ4n) is 2.91. The Morgan fingerprint density at radius 3 is 2.30 bits per heavy atom. The lowest BCUT2D eigenvalue weighted by Crippen LogP contribution is -2.15. The normalized spacial score (nSPS) is 11.8. The fraction of sp³-hybridized carbons (Fsp3) is 0.174. The van der Waals surface area contributed by atoms with Crippen LogP contribution in [0.5, 0.6) is 0 Å². The molecule has 0 atom stereocenters. The van der Waals surface area contributed by atoms with E-state index in [1.807, 2.05) is 31.2 Å². The van der Waals surface area contributed by atoms with Crippen molar-refractivity contribution in [1.29, 1.82) is 0 Å². The van der Waals surface area contributed by atoms with E-state index in [2.05, 4.69) is 10.0 Å². The highest BCUT2D eigenvalue weighted by molar-refractivity contribution is 7.99. The lowest BCUT2D eigenvalue weighted by Gasteiger charge is -2.12. The van der Waals surface area contributed by atoms with Gasteiger partial charge in [-0.1, -0.05) is 30.3 Å². The second-order valence-electron chi connectivity index (χ2n) is 7.18. The summed E-state index contributed by atoms with van der Waals surface area (Å²) in [6, 6.07) is 17.2. The Hall–Kier alpha value is -2.98. The topological polar surface area (TPSA) is 75.3 Å². The van der Waals surface area contributed by atoms with Gasteiger partial charge in [-0.3, -0.25) is 9.52 Å². The first kappa shape index (κ1) is 24.7. The molecule has 0 aromatic heterocycles. The molecule has 0 aliphatic heterocycles. The Labute approximate surface area is 194 Å². The number of rotatable bonds is 8. The van der Waals surface area contributed by atoms with Crippen LogP contribution in [0.1, 0.15) is 16.7 Å². The van der Waals surface area contributed by atoms with Crippen LogP contribution in [-0.2, 0) is 26.7 Å².